The van der Waals surface area contributed by atoms with Crippen LogP contribution in [0.25, 0.3) is 0 Å². The molecule has 0 aliphatic heterocycles. The fraction of sp³-hybridized carbons (Fsp3) is 0.889. The Bertz CT molecular complexity index is 302. The van der Waals surface area contributed by atoms with Crippen molar-refractivity contribution in [3.8, 4) is 0 Å². The van der Waals surface area contributed by atoms with Crippen LogP contribution in [-0.4, -0.2) is 26.8 Å². The topological polar surface area (TPSA) is 69.6 Å². The van der Waals surface area contributed by atoms with Gasteiger partial charge in [-0.25, -0.2) is 4.68 Å². The molecule has 1 aromatic rings. The minimum atomic E-state index is 0.256. The molecule has 1 saturated carbocycles. The van der Waals surface area contributed by atoms with Crippen LogP contribution in [0.4, 0.5) is 0 Å². The van der Waals surface area contributed by atoms with Crippen molar-refractivity contribution < 1.29 is 0 Å². The number of hydrogen-bond acceptors (Lipinski definition) is 4. The normalized spacial score (nSPS) is 18.4. The van der Waals surface area contributed by atoms with E-state index in [-0.39, 0.29) is 5.41 Å². The van der Waals surface area contributed by atoms with E-state index in [1.807, 2.05) is 4.68 Å². The molecule has 0 amide bonds. The number of tetrazole rings is 1. The first-order chi connectivity index (χ1) is 6.76. The largest absolute Gasteiger partial charge is 0.330 e. The molecule has 0 spiro atoms. The van der Waals surface area contributed by atoms with Gasteiger partial charge in [0.2, 0.25) is 0 Å². The van der Waals surface area contributed by atoms with Gasteiger partial charge in [0.25, 0.3) is 0 Å². The zero-order valence-corrected chi connectivity index (χ0v) is 8.61. The lowest BCUT2D eigenvalue weighted by molar-refractivity contribution is 0.504. The van der Waals surface area contributed by atoms with Gasteiger partial charge in [0, 0.05) is 12.0 Å². The molecule has 5 nitrogen and oxygen atoms in total. The SMILES string of the molecule is CC1(c2nnnn2CCCCN)CC1. The Morgan fingerprint density at radius 1 is 1.43 bits per heavy atom. The van der Waals surface area contributed by atoms with Crippen molar-refractivity contribution in [1.82, 2.24) is 20.2 Å². The van der Waals surface area contributed by atoms with Crippen LogP contribution in [0.15, 0.2) is 0 Å². The van der Waals surface area contributed by atoms with E-state index in [2.05, 4.69) is 22.4 Å². The molecular formula is C9H17N5. The van der Waals surface area contributed by atoms with E-state index in [4.69, 9.17) is 5.73 Å². The van der Waals surface area contributed by atoms with Crippen molar-refractivity contribution >= 4 is 0 Å². The van der Waals surface area contributed by atoms with Gasteiger partial charge >= 0.3 is 0 Å². The summed E-state index contributed by atoms with van der Waals surface area (Å²) in [6.07, 6.45) is 4.52. The van der Waals surface area contributed by atoms with Gasteiger partial charge in [0.05, 0.1) is 0 Å². The molecule has 0 unspecified atom stereocenters. The van der Waals surface area contributed by atoms with E-state index in [0.717, 1.165) is 31.8 Å². The number of rotatable bonds is 5. The van der Waals surface area contributed by atoms with E-state index in [1.54, 1.807) is 0 Å². The van der Waals surface area contributed by atoms with Crippen LogP contribution in [-0.2, 0) is 12.0 Å². The summed E-state index contributed by atoms with van der Waals surface area (Å²) >= 11 is 0. The molecule has 1 aromatic heterocycles. The van der Waals surface area contributed by atoms with Crippen molar-refractivity contribution in [3.05, 3.63) is 5.82 Å². The highest BCUT2D eigenvalue weighted by molar-refractivity contribution is 5.13. The highest BCUT2D eigenvalue weighted by Crippen LogP contribution is 2.46. The maximum Gasteiger partial charge on any atom is 0.157 e. The summed E-state index contributed by atoms with van der Waals surface area (Å²) in [5.41, 5.74) is 5.70. The number of nitrogens with zero attached hydrogens (tertiary/aromatic N) is 4. The first-order valence-electron chi connectivity index (χ1n) is 5.23. The molecule has 0 bridgehead atoms. The van der Waals surface area contributed by atoms with Crippen LogP contribution in [0.3, 0.4) is 0 Å². The van der Waals surface area contributed by atoms with E-state index < -0.39 is 0 Å². The second-order valence-electron chi connectivity index (χ2n) is 4.28. The first kappa shape index (κ1) is 9.58. The fourth-order valence-corrected chi connectivity index (χ4v) is 1.60. The predicted octanol–water partition coefficient (Wildman–Crippen LogP) is 0.463. The average Bonchev–Trinajstić information content (AvgIpc) is 2.76. The summed E-state index contributed by atoms with van der Waals surface area (Å²) in [5, 5.41) is 11.8. The Morgan fingerprint density at radius 3 is 2.86 bits per heavy atom. The minimum absolute atomic E-state index is 0.256. The predicted molar refractivity (Wildman–Crippen MR) is 52.7 cm³/mol. The zero-order valence-electron chi connectivity index (χ0n) is 8.61. The van der Waals surface area contributed by atoms with Crippen LogP contribution in [0.1, 0.15) is 38.4 Å². The monoisotopic (exact) mass is 195 g/mol. The highest BCUT2D eigenvalue weighted by Gasteiger charge is 2.43. The molecule has 1 aliphatic carbocycles. The third-order valence-corrected chi connectivity index (χ3v) is 2.90. The molecule has 14 heavy (non-hydrogen) atoms. The summed E-state index contributed by atoms with van der Waals surface area (Å²) < 4.78 is 1.93. The van der Waals surface area contributed by atoms with Gasteiger partial charge in [-0.3, -0.25) is 0 Å². The van der Waals surface area contributed by atoms with Crippen molar-refractivity contribution in [2.75, 3.05) is 6.54 Å². The minimum Gasteiger partial charge on any atom is -0.330 e. The number of aromatic nitrogens is 4. The van der Waals surface area contributed by atoms with Crippen LogP contribution in [0.5, 0.6) is 0 Å². The van der Waals surface area contributed by atoms with Gasteiger partial charge in [0.1, 0.15) is 0 Å². The quantitative estimate of drug-likeness (QED) is 0.693. The summed E-state index contributed by atoms with van der Waals surface area (Å²) in [6, 6.07) is 0. The maximum atomic E-state index is 5.44. The molecule has 2 N–H and O–H groups in total. The molecule has 0 atom stereocenters. The van der Waals surface area contributed by atoms with Gasteiger partial charge in [-0.2, -0.15) is 0 Å². The smallest absolute Gasteiger partial charge is 0.157 e. The molecular weight excluding hydrogens is 178 g/mol. The molecule has 78 valence electrons. The van der Waals surface area contributed by atoms with Crippen LogP contribution >= 0.6 is 0 Å². The molecule has 0 aromatic carbocycles. The van der Waals surface area contributed by atoms with E-state index in [9.17, 15) is 0 Å². The Kier molecular flexibility index (Phi) is 2.50. The van der Waals surface area contributed by atoms with Crippen LogP contribution in [0, 0.1) is 0 Å². The second kappa shape index (κ2) is 3.65. The lowest BCUT2D eigenvalue weighted by atomic mass is 10.1. The summed E-state index contributed by atoms with van der Waals surface area (Å²) in [4.78, 5) is 0. The molecule has 1 fully saturated rings. The third kappa shape index (κ3) is 1.77. The van der Waals surface area contributed by atoms with Crippen molar-refractivity contribution in [3.63, 3.8) is 0 Å². The van der Waals surface area contributed by atoms with Gasteiger partial charge in [-0.15, -0.1) is 5.10 Å². The number of unbranched alkanes of at least 4 members (excludes halogenated alkanes) is 1. The zero-order chi connectivity index (χ0) is 10.0. The second-order valence-corrected chi connectivity index (χ2v) is 4.28. The van der Waals surface area contributed by atoms with E-state index in [0.29, 0.717) is 0 Å². The Labute approximate surface area is 83.7 Å². The molecule has 0 saturated heterocycles. The fourth-order valence-electron chi connectivity index (χ4n) is 1.60. The Morgan fingerprint density at radius 2 is 2.21 bits per heavy atom. The Balaban J connectivity index is 1.99. The van der Waals surface area contributed by atoms with E-state index >= 15 is 0 Å². The summed E-state index contributed by atoms with van der Waals surface area (Å²) in [6.45, 7) is 3.86. The average molecular weight is 195 g/mol. The number of nitrogens with two attached hydrogens (primary N) is 1. The standard InChI is InChI=1S/C9H17N5/c1-9(4-5-9)8-11-12-13-14(8)7-3-2-6-10/h2-7,10H2,1H3. The lowest BCUT2D eigenvalue weighted by Gasteiger charge is -2.08. The highest BCUT2D eigenvalue weighted by atomic mass is 15.5. The van der Waals surface area contributed by atoms with Crippen LogP contribution < -0.4 is 5.73 Å². The van der Waals surface area contributed by atoms with E-state index in [1.165, 1.54) is 12.8 Å². The van der Waals surface area contributed by atoms with Gasteiger partial charge in [0.15, 0.2) is 5.82 Å². The van der Waals surface area contributed by atoms with Crippen molar-refractivity contribution in [2.45, 2.75) is 44.6 Å². The number of aryl methyl sites for hydroxylation is 1. The maximum absolute atomic E-state index is 5.44. The molecule has 1 aliphatic rings. The van der Waals surface area contributed by atoms with Crippen LogP contribution in [0.2, 0.25) is 0 Å². The first-order valence-corrected chi connectivity index (χ1v) is 5.23. The molecule has 5 heteroatoms. The van der Waals surface area contributed by atoms with Crippen molar-refractivity contribution in [1.29, 1.82) is 0 Å². The molecule has 0 radical (unpaired) electrons. The molecule has 1 heterocycles. The summed E-state index contributed by atoms with van der Waals surface area (Å²) in [7, 11) is 0. The van der Waals surface area contributed by atoms with Gasteiger partial charge in [-0.05, 0) is 42.7 Å². The lowest BCUT2D eigenvalue weighted by Crippen LogP contribution is -2.14. The van der Waals surface area contributed by atoms with Crippen molar-refractivity contribution in [2.24, 2.45) is 5.73 Å². The van der Waals surface area contributed by atoms with Gasteiger partial charge in [-0.1, -0.05) is 6.92 Å². The number of hydrogen-bond donors (Lipinski definition) is 1. The third-order valence-electron chi connectivity index (χ3n) is 2.90. The Hall–Kier alpha value is -0.970. The molecule has 2 rings (SSSR count). The van der Waals surface area contributed by atoms with Gasteiger partial charge < -0.3 is 5.73 Å². The summed E-state index contributed by atoms with van der Waals surface area (Å²) in [5.74, 6) is 1.05.